The molecule has 0 radical (unpaired) electrons. The maximum Gasteiger partial charge on any atom is 0.236 e. The molecular weight excluding hydrogens is 340 g/mol. The van der Waals surface area contributed by atoms with Gasteiger partial charge in [-0.15, -0.1) is 6.58 Å². The van der Waals surface area contributed by atoms with E-state index in [0.717, 1.165) is 51.0 Å². The molecule has 2 saturated heterocycles. The molecule has 0 N–H and O–H groups in total. The maximum absolute atomic E-state index is 12.7. The van der Waals surface area contributed by atoms with E-state index in [1.807, 2.05) is 40.1 Å². The molecule has 0 aromatic carbocycles. The Labute approximate surface area is 161 Å². The number of piperidine rings is 2. The van der Waals surface area contributed by atoms with Crippen LogP contribution in [-0.2, 0) is 16.1 Å². The van der Waals surface area contributed by atoms with Gasteiger partial charge in [-0.1, -0.05) is 12.1 Å². The number of hydrogen-bond donors (Lipinski definition) is 0. The average molecular weight is 370 g/mol. The summed E-state index contributed by atoms with van der Waals surface area (Å²) in [6.45, 7) is 7.91. The Kier molecular flexibility index (Phi) is 6.26. The van der Waals surface area contributed by atoms with Gasteiger partial charge in [-0.25, -0.2) is 0 Å². The van der Waals surface area contributed by atoms with Crippen LogP contribution in [0.25, 0.3) is 0 Å². The van der Waals surface area contributed by atoms with Gasteiger partial charge in [0.25, 0.3) is 0 Å². The number of carbonyl (C=O) groups is 2. The lowest BCUT2D eigenvalue weighted by molar-refractivity contribution is -0.142. The Bertz CT molecular complexity index is 668. The van der Waals surface area contributed by atoms with E-state index in [1.54, 1.807) is 12.3 Å². The normalized spacial score (nSPS) is 19.6. The molecule has 2 aliphatic rings. The van der Waals surface area contributed by atoms with Gasteiger partial charge in [-0.05, 0) is 43.4 Å². The summed E-state index contributed by atoms with van der Waals surface area (Å²) in [5.41, 5.74) is 1.29. The number of aromatic nitrogens is 1. The van der Waals surface area contributed by atoms with Crippen molar-refractivity contribution >= 4 is 11.8 Å². The third kappa shape index (κ3) is 4.95. The first-order valence-corrected chi connectivity index (χ1v) is 9.75. The van der Waals surface area contributed by atoms with E-state index in [4.69, 9.17) is 0 Å². The van der Waals surface area contributed by atoms with Gasteiger partial charge in [0.15, 0.2) is 0 Å². The van der Waals surface area contributed by atoms with Crippen molar-refractivity contribution in [1.29, 1.82) is 0 Å². The number of amides is 2. The summed E-state index contributed by atoms with van der Waals surface area (Å²) in [5.74, 6) is 0.419. The van der Waals surface area contributed by atoms with Crippen molar-refractivity contribution in [3.05, 3.63) is 42.7 Å². The zero-order chi connectivity index (χ0) is 19.3. The monoisotopic (exact) mass is 370 g/mol. The zero-order valence-electron chi connectivity index (χ0n) is 16.3. The van der Waals surface area contributed by atoms with Crippen LogP contribution in [0.1, 0.15) is 31.2 Å². The molecule has 2 aliphatic heterocycles. The highest BCUT2D eigenvalue weighted by Gasteiger charge is 2.41. The molecule has 6 nitrogen and oxygen atoms in total. The first-order chi connectivity index (χ1) is 13.0. The van der Waals surface area contributed by atoms with Crippen molar-refractivity contribution in [1.82, 2.24) is 19.7 Å². The van der Waals surface area contributed by atoms with Crippen LogP contribution < -0.4 is 0 Å². The maximum atomic E-state index is 12.7. The Balaban J connectivity index is 1.49. The molecule has 2 fully saturated rings. The van der Waals surface area contributed by atoms with E-state index >= 15 is 0 Å². The van der Waals surface area contributed by atoms with Crippen LogP contribution in [-0.4, -0.2) is 71.3 Å². The molecule has 27 heavy (non-hydrogen) atoms. The number of likely N-dealkylation sites (N-methyl/N-ethyl adjacent to an activating group) is 1. The molecule has 0 bridgehead atoms. The van der Waals surface area contributed by atoms with E-state index < -0.39 is 0 Å². The first kappa shape index (κ1) is 19.5. The Morgan fingerprint density at radius 3 is 2.81 bits per heavy atom. The quantitative estimate of drug-likeness (QED) is 0.718. The summed E-state index contributed by atoms with van der Waals surface area (Å²) in [6.07, 6.45) is 8.92. The fraction of sp³-hybridized carbons (Fsp3) is 0.571. The molecule has 2 amide bonds. The summed E-state index contributed by atoms with van der Waals surface area (Å²) in [4.78, 5) is 34.8. The van der Waals surface area contributed by atoms with Gasteiger partial charge in [-0.3, -0.25) is 19.5 Å². The fourth-order valence-electron chi connectivity index (χ4n) is 4.25. The number of likely N-dealkylation sites (tertiary alicyclic amines) is 2. The van der Waals surface area contributed by atoms with E-state index in [-0.39, 0.29) is 17.2 Å². The molecule has 1 aromatic rings. The van der Waals surface area contributed by atoms with Crippen LogP contribution in [0.2, 0.25) is 0 Å². The van der Waals surface area contributed by atoms with E-state index in [0.29, 0.717) is 19.5 Å². The lowest BCUT2D eigenvalue weighted by Gasteiger charge is -2.47. The number of nitrogens with zero attached hydrogens (tertiary/aromatic N) is 4. The van der Waals surface area contributed by atoms with Gasteiger partial charge in [0.2, 0.25) is 11.8 Å². The fourth-order valence-corrected chi connectivity index (χ4v) is 4.25. The van der Waals surface area contributed by atoms with Crippen molar-refractivity contribution in [2.24, 2.45) is 5.41 Å². The van der Waals surface area contributed by atoms with Gasteiger partial charge in [-0.2, -0.15) is 0 Å². The van der Waals surface area contributed by atoms with Gasteiger partial charge >= 0.3 is 0 Å². The van der Waals surface area contributed by atoms with E-state index in [2.05, 4.69) is 11.6 Å². The molecule has 6 heteroatoms. The minimum absolute atomic E-state index is 0.176. The predicted molar refractivity (Wildman–Crippen MR) is 105 cm³/mol. The third-order valence-corrected chi connectivity index (χ3v) is 5.85. The van der Waals surface area contributed by atoms with Crippen LogP contribution in [0.4, 0.5) is 0 Å². The zero-order valence-corrected chi connectivity index (χ0v) is 16.3. The minimum atomic E-state index is 0.176. The SMILES string of the molecule is C=CCN1CC2(CCC1=O)CCN(C(=O)CN(C)Cc1cccnc1)CC2. The van der Waals surface area contributed by atoms with Crippen molar-refractivity contribution in [2.75, 3.05) is 39.8 Å². The second-order valence-corrected chi connectivity index (χ2v) is 7.98. The topological polar surface area (TPSA) is 56.8 Å². The van der Waals surface area contributed by atoms with Gasteiger partial charge in [0.1, 0.15) is 0 Å². The summed E-state index contributed by atoms with van der Waals surface area (Å²) in [5, 5.41) is 0. The van der Waals surface area contributed by atoms with E-state index in [1.165, 1.54) is 0 Å². The summed E-state index contributed by atoms with van der Waals surface area (Å²) in [6, 6.07) is 3.94. The van der Waals surface area contributed by atoms with Crippen LogP contribution in [0.3, 0.4) is 0 Å². The Morgan fingerprint density at radius 1 is 1.37 bits per heavy atom. The van der Waals surface area contributed by atoms with Gasteiger partial charge < -0.3 is 9.80 Å². The van der Waals surface area contributed by atoms with Crippen molar-refractivity contribution in [3.8, 4) is 0 Å². The number of carbonyl (C=O) groups excluding carboxylic acids is 2. The van der Waals surface area contributed by atoms with Crippen molar-refractivity contribution in [2.45, 2.75) is 32.2 Å². The highest BCUT2D eigenvalue weighted by atomic mass is 16.2. The second kappa shape index (κ2) is 8.65. The van der Waals surface area contributed by atoms with Crippen LogP contribution in [0, 0.1) is 5.41 Å². The molecule has 0 unspecified atom stereocenters. The molecule has 3 heterocycles. The molecule has 1 spiro atoms. The first-order valence-electron chi connectivity index (χ1n) is 9.75. The van der Waals surface area contributed by atoms with Crippen molar-refractivity contribution < 1.29 is 9.59 Å². The van der Waals surface area contributed by atoms with Crippen LogP contribution in [0.15, 0.2) is 37.2 Å². The lowest BCUT2D eigenvalue weighted by Crippen LogP contribution is -2.53. The van der Waals surface area contributed by atoms with Crippen LogP contribution >= 0.6 is 0 Å². The molecule has 0 saturated carbocycles. The highest BCUT2D eigenvalue weighted by Crippen LogP contribution is 2.40. The third-order valence-electron chi connectivity index (χ3n) is 5.85. The average Bonchev–Trinajstić information content (AvgIpc) is 2.66. The number of hydrogen-bond acceptors (Lipinski definition) is 4. The van der Waals surface area contributed by atoms with Gasteiger partial charge in [0.05, 0.1) is 6.54 Å². The summed E-state index contributed by atoms with van der Waals surface area (Å²) in [7, 11) is 1.97. The van der Waals surface area contributed by atoms with Crippen molar-refractivity contribution in [3.63, 3.8) is 0 Å². The molecular formula is C21H30N4O2. The number of rotatable bonds is 6. The Morgan fingerprint density at radius 2 is 2.15 bits per heavy atom. The lowest BCUT2D eigenvalue weighted by atomic mass is 9.72. The van der Waals surface area contributed by atoms with E-state index in [9.17, 15) is 9.59 Å². The molecule has 3 rings (SSSR count). The molecule has 0 aliphatic carbocycles. The molecule has 0 atom stereocenters. The smallest absolute Gasteiger partial charge is 0.236 e. The minimum Gasteiger partial charge on any atom is -0.342 e. The summed E-state index contributed by atoms with van der Waals surface area (Å²) >= 11 is 0. The molecule has 1 aromatic heterocycles. The predicted octanol–water partition coefficient (Wildman–Crippen LogP) is 1.93. The standard InChI is InChI=1S/C21H30N4O2/c1-3-11-25-17-21(7-6-19(25)26)8-12-24(13-9-21)20(27)16-23(2)15-18-5-4-10-22-14-18/h3-5,10,14H,1,6-9,11-13,15-17H2,2H3. The number of pyridine rings is 1. The highest BCUT2D eigenvalue weighted by molar-refractivity contribution is 5.79. The largest absolute Gasteiger partial charge is 0.342 e. The second-order valence-electron chi connectivity index (χ2n) is 7.98. The molecule has 146 valence electrons. The van der Waals surface area contributed by atoms with Crippen LogP contribution in [0.5, 0.6) is 0 Å². The van der Waals surface area contributed by atoms with Gasteiger partial charge in [0, 0.05) is 51.5 Å². The Hall–Kier alpha value is -2.21. The summed E-state index contributed by atoms with van der Waals surface area (Å²) < 4.78 is 0.